The van der Waals surface area contributed by atoms with E-state index in [4.69, 9.17) is 17.0 Å². The summed E-state index contributed by atoms with van der Waals surface area (Å²) in [6.07, 6.45) is 2.51. The van der Waals surface area contributed by atoms with Gasteiger partial charge in [0.05, 0.1) is 0 Å². The average Bonchev–Trinajstić information content (AvgIpc) is 2.57. The first kappa shape index (κ1) is 15.8. The molecule has 1 aliphatic heterocycles. The van der Waals surface area contributed by atoms with Crippen molar-refractivity contribution in [3.63, 3.8) is 0 Å². The number of anilines is 1. The molecule has 1 saturated heterocycles. The van der Waals surface area contributed by atoms with Crippen LogP contribution in [-0.2, 0) is 0 Å². The van der Waals surface area contributed by atoms with Crippen molar-refractivity contribution in [3.05, 3.63) is 54.6 Å². The molecule has 1 N–H and O–H groups in total. The highest BCUT2D eigenvalue weighted by molar-refractivity contribution is 7.80. The molecule has 0 aliphatic carbocycles. The second-order valence-corrected chi connectivity index (χ2v) is 6.45. The third kappa shape index (κ3) is 4.45. The molecule has 4 heteroatoms. The molecule has 0 bridgehead atoms. The molecule has 1 atom stereocenters. The van der Waals surface area contributed by atoms with Crippen molar-refractivity contribution in [2.45, 2.75) is 19.8 Å². The van der Waals surface area contributed by atoms with Crippen molar-refractivity contribution < 1.29 is 4.74 Å². The van der Waals surface area contributed by atoms with E-state index in [1.54, 1.807) is 0 Å². The monoisotopic (exact) mass is 326 g/mol. The molecule has 2 aromatic rings. The highest BCUT2D eigenvalue weighted by atomic mass is 32.1. The van der Waals surface area contributed by atoms with Crippen LogP contribution in [0.5, 0.6) is 11.5 Å². The van der Waals surface area contributed by atoms with Crippen LogP contribution in [0.4, 0.5) is 5.69 Å². The van der Waals surface area contributed by atoms with Gasteiger partial charge < -0.3 is 15.0 Å². The Morgan fingerprint density at radius 1 is 1.09 bits per heavy atom. The number of rotatable bonds is 3. The third-order valence-electron chi connectivity index (χ3n) is 4.03. The van der Waals surface area contributed by atoms with Gasteiger partial charge in [-0.05, 0) is 67.4 Å². The van der Waals surface area contributed by atoms with Gasteiger partial charge in [-0.15, -0.1) is 0 Å². The lowest BCUT2D eigenvalue weighted by Crippen LogP contribution is -2.41. The molecule has 0 amide bonds. The number of para-hydroxylation sites is 1. The molecule has 3 rings (SSSR count). The molecule has 0 saturated carbocycles. The zero-order valence-corrected chi connectivity index (χ0v) is 14.2. The second-order valence-electron chi connectivity index (χ2n) is 6.06. The minimum atomic E-state index is 0.713. The van der Waals surface area contributed by atoms with Crippen LogP contribution in [0.25, 0.3) is 0 Å². The summed E-state index contributed by atoms with van der Waals surface area (Å²) in [5, 5.41) is 4.14. The van der Waals surface area contributed by atoms with Gasteiger partial charge in [-0.2, -0.15) is 0 Å². The van der Waals surface area contributed by atoms with E-state index >= 15 is 0 Å². The van der Waals surface area contributed by atoms with Gasteiger partial charge in [0.1, 0.15) is 11.5 Å². The van der Waals surface area contributed by atoms with Gasteiger partial charge in [-0.25, -0.2) is 0 Å². The minimum absolute atomic E-state index is 0.713. The Hall–Kier alpha value is -2.07. The van der Waals surface area contributed by atoms with Crippen LogP contribution >= 0.6 is 12.2 Å². The van der Waals surface area contributed by atoms with E-state index in [9.17, 15) is 0 Å². The molecule has 1 fully saturated rings. The molecule has 2 aromatic carbocycles. The van der Waals surface area contributed by atoms with E-state index < -0.39 is 0 Å². The van der Waals surface area contributed by atoms with Gasteiger partial charge in [0.2, 0.25) is 0 Å². The van der Waals surface area contributed by atoms with Crippen LogP contribution in [0.1, 0.15) is 19.8 Å². The Morgan fingerprint density at radius 2 is 1.78 bits per heavy atom. The highest BCUT2D eigenvalue weighted by Crippen LogP contribution is 2.23. The van der Waals surface area contributed by atoms with Crippen molar-refractivity contribution in [1.29, 1.82) is 0 Å². The molecule has 0 radical (unpaired) electrons. The maximum Gasteiger partial charge on any atom is 0.173 e. The number of thiocarbonyl (C=S) groups is 1. The topological polar surface area (TPSA) is 24.5 Å². The summed E-state index contributed by atoms with van der Waals surface area (Å²) in [6, 6.07) is 17.7. The average molecular weight is 326 g/mol. The molecule has 0 aromatic heterocycles. The molecule has 0 spiro atoms. The fourth-order valence-electron chi connectivity index (χ4n) is 2.81. The van der Waals surface area contributed by atoms with Gasteiger partial charge in [-0.3, -0.25) is 0 Å². The lowest BCUT2D eigenvalue weighted by atomic mass is 10.0. The number of hydrogen-bond acceptors (Lipinski definition) is 2. The smallest absolute Gasteiger partial charge is 0.173 e. The largest absolute Gasteiger partial charge is 0.457 e. The van der Waals surface area contributed by atoms with E-state index in [2.05, 4.69) is 17.1 Å². The van der Waals surface area contributed by atoms with Crippen LogP contribution in [0.15, 0.2) is 54.6 Å². The Kier molecular flexibility index (Phi) is 5.13. The van der Waals surface area contributed by atoms with Crippen LogP contribution in [0.2, 0.25) is 0 Å². The van der Waals surface area contributed by atoms with E-state index in [1.165, 1.54) is 12.8 Å². The van der Waals surface area contributed by atoms with Gasteiger partial charge in [0, 0.05) is 18.8 Å². The zero-order valence-electron chi connectivity index (χ0n) is 13.4. The first-order valence-electron chi connectivity index (χ1n) is 8.09. The van der Waals surface area contributed by atoms with Gasteiger partial charge in [-0.1, -0.05) is 25.1 Å². The number of nitrogens with one attached hydrogen (secondary N) is 1. The normalized spacial score (nSPS) is 17.6. The van der Waals surface area contributed by atoms with Crippen molar-refractivity contribution in [2.24, 2.45) is 5.92 Å². The van der Waals surface area contributed by atoms with Gasteiger partial charge in [0.15, 0.2) is 5.11 Å². The van der Waals surface area contributed by atoms with E-state index in [-0.39, 0.29) is 0 Å². The molecule has 1 heterocycles. The first-order valence-corrected chi connectivity index (χ1v) is 8.50. The number of nitrogens with zero attached hydrogens (tertiary/aromatic N) is 1. The van der Waals surface area contributed by atoms with E-state index in [0.717, 1.165) is 35.4 Å². The Balaban J connectivity index is 1.58. The number of ether oxygens (including phenoxy) is 1. The quantitative estimate of drug-likeness (QED) is 0.810. The number of hydrogen-bond donors (Lipinski definition) is 1. The highest BCUT2D eigenvalue weighted by Gasteiger charge is 2.18. The number of benzene rings is 2. The standard InChI is InChI=1S/C19H22N2OS/c1-15-6-5-13-21(14-15)19(23)20-16-9-11-18(12-10-16)22-17-7-3-2-4-8-17/h2-4,7-12,15H,5-6,13-14H2,1H3,(H,20,23)/t15-/m1/s1. The fourth-order valence-corrected chi connectivity index (χ4v) is 3.09. The summed E-state index contributed by atoms with van der Waals surface area (Å²) < 4.78 is 5.80. The zero-order chi connectivity index (χ0) is 16.1. The lowest BCUT2D eigenvalue weighted by molar-refractivity contribution is 0.276. The van der Waals surface area contributed by atoms with Crippen molar-refractivity contribution in [1.82, 2.24) is 4.90 Å². The fraction of sp³-hybridized carbons (Fsp3) is 0.316. The number of piperidine rings is 1. The van der Waals surface area contributed by atoms with Gasteiger partial charge >= 0.3 is 0 Å². The van der Waals surface area contributed by atoms with Crippen molar-refractivity contribution in [3.8, 4) is 11.5 Å². The Labute approximate surface area is 143 Å². The predicted octanol–water partition coefficient (Wildman–Crippen LogP) is 4.91. The minimum Gasteiger partial charge on any atom is -0.457 e. The Bertz CT molecular complexity index is 642. The third-order valence-corrected chi connectivity index (χ3v) is 4.39. The molecule has 23 heavy (non-hydrogen) atoms. The number of likely N-dealkylation sites (tertiary alicyclic amines) is 1. The summed E-state index contributed by atoms with van der Waals surface area (Å²) in [4.78, 5) is 2.26. The first-order chi connectivity index (χ1) is 11.2. The van der Waals surface area contributed by atoms with Crippen LogP contribution in [0.3, 0.4) is 0 Å². The van der Waals surface area contributed by atoms with Crippen molar-refractivity contribution in [2.75, 3.05) is 18.4 Å². The second kappa shape index (κ2) is 7.47. The molecule has 0 unspecified atom stereocenters. The van der Waals surface area contributed by atoms with Gasteiger partial charge in [0.25, 0.3) is 0 Å². The lowest BCUT2D eigenvalue weighted by Gasteiger charge is -2.33. The summed E-state index contributed by atoms with van der Waals surface area (Å²) >= 11 is 5.53. The summed E-state index contributed by atoms with van der Waals surface area (Å²) in [7, 11) is 0. The van der Waals surface area contributed by atoms with E-state index in [1.807, 2.05) is 54.6 Å². The molecular formula is C19H22N2OS. The predicted molar refractivity (Wildman–Crippen MR) is 99.1 cm³/mol. The molecule has 120 valence electrons. The summed E-state index contributed by atoms with van der Waals surface area (Å²) in [5.41, 5.74) is 0.994. The Morgan fingerprint density at radius 3 is 2.48 bits per heavy atom. The maximum atomic E-state index is 5.80. The summed E-state index contributed by atoms with van der Waals surface area (Å²) in [5.74, 6) is 2.37. The van der Waals surface area contributed by atoms with Crippen LogP contribution < -0.4 is 10.1 Å². The molecular weight excluding hydrogens is 304 g/mol. The van der Waals surface area contributed by atoms with Crippen LogP contribution in [-0.4, -0.2) is 23.1 Å². The van der Waals surface area contributed by atoms with Crippen molar-refractivity contribution >= 4 is 23.0 Å². The molecule has 3 nitrogen and oxygen atoms in total. The SMILES string of the molecule is C[C@@H]1CCCN(C(=S)Nc2ccc(Oc3ccccc3)cc2)C1. The summed E-state index contributed by atoms with van der Waals surface area (Å²) in [6.45, 7) is 4.37. The maximum absolute atomic E-state index is 5.80. The van der Waals surface area contributed by atoms with Crippen LogP contribution in [0, 0.1) is 5.92 Å². The molecule has 1 aliphatic rings. The van der Waals surface area contributed by atoms with E-state index in [0.29, 0.717) is 5.92 Å².